The number of aryl methyl sites for hydroxylation is 1. The Balaban J connectivity index is 1.99. The molecule has 7 heteroatoms. The Labute approximate surface area is 159 Å². The summed E-state index contributed by atoms with van der Waals surface area (Å²) in [7, 11) is 5.70. The van der Waals surface area contributed by atoms with Gasteiger partial charge in [0.1, 0.15) is 0 Å². The van der Waals surface area contributed by atoms with Crippen LogP contribution in [-0.4, -0.2) is 42.0 Å². The van der Waals surface area contributed by atoms with Crippen LogP contribution < -0.4 is 10.6 Å². The Bertz CT molecular complexity index is 784. The summed E-state index contributed by atoms with van der Waals surface area (Å²) in [6.45, 7) is 3.78. The van der Waals surface area contributed by atoms with Crippen LogP contribution in [0.1, 0.15) is 28.5 Å². The molecule has 0 saturated heterocycles. The van der Waals surface area contributed by atoms with Crippen molar-refractivity contribution in [2.24, 2.45) is 12.0 Å². The van der Waals surface area contributed by atoms with E-state index in [-0.39, 0.29) is 5.91 Å². The van der Waals surface area contributed by atoms with Crippen LogP contribution >= 0.6 is 11.6 Å². The largest absolute Gasteiger partial charge is 0.352 e. The van der Waals surface area contributed by atoms with E-state index in [4.69, 9.17) is 11.6 Å². The van der Waals surface area contributed by atoms with Crippen LogP contribution in [0.5, 0.6) is 0 Å². The predicted molar refractivity (Wildman–Crippen MR) is 107 cm³/mol. The molecule has 1 heterocycles. The van der Waals surface area contributed by atoms with Gasteiger partial charge in [0.2, 0.25) is 0 Å². The van der Waals surface area contributed by atoms with Crippen molar-refractivity contribution in [3.8, 4) is 0 Å². The van der Waals surface area contributed by atoms with Gasteiger partial charge < -0.3 is 20.1 Å². The fourth-order valence-electron chi connectivity index (χ4n) is 2.69. The number of halogens is 1. The smallest absolute Gasteiger partial charge is 0.251 e. The molecule has 6 nitrogen and oxygen atoms in total. The van der Waals surface area contributed by atoms with Crippen molar-refractivity contribution in [3.63, 3.8) is 0 Å². The highest BCUT2D eigenvalue weighted by Crippen LogP contribution is 2.14. The SMILES string of the molecule is CCNC(=O)c1cccc(CNC(=NC)N(C)Cc2cc(Cl)cn2C)c1. The third-order valence-corrected chi connectivity index (χ3v) is 4.23. The van der Waals surface area contributed by atoms with E-state index >= 15 is 0 Å². The van der Waals surface area contributed by atoms with Gasteiger partial charge >= 0.3 is 0 Å². The van der Waals surface area contributed by atoms with Crippen LogP contribution in [0.25, 0.3) is 0 Å². The third-order valence-electron chi connectivity index (χ3n) is 4.02. The molecule has 2 rings (SSSR count). The third kappa shape index (κ3) is 5.26. The van der Waals surface area contributed by atoms with Gasteiger partial charge in [0, 0.05) is 51.7 Å². The number of guanidine groups is 1. The lowest BCUT2D eigenvalue weighted by molar-refractivity contribution is 0.0955. The molecule has 0 fully saturated rings. The molecule has 0 spiro atoms. The molecular formula is C19H26ClN5O. The highest BCUT2D eigenvalue weighted by Gasteiger charge is 2.10. The quantitative estimate of drug-likeness (QED) is 0.602. The molecule has 0 saturated carbocycles. The number of hydrogen-bond donors (Lipinski definition) is 2. The lowest BCUT2D eigenvalue weighted by Crippen LogP contribution is -2.38. The van der Waals surface area contributed by atoms with Gasteiger partial charge in [-0.2, -0.15) is 0 Å². The minimum Gasteiger partial charge on any atom is -0.352 e. The van der Waals surface area contributed by atoms with Crippen molar-refractivity contribution in [2.75, 3.05) is 20.6 Å². The second kappa shape index (κ2) is 9.29. The van der Waals surface area contributed by atoms with Gasteiger partial charge in [0.25, 0.3) is 5.91 Å². The summed E-state index contributed by atoms with van der Waals surface area (Å²) in [4.78, 5) is 18.3. The van der Waals surface area contributed by atoms with Crippen LogP contribution in [0.3, 0.4) is 0 Å². The van der Waals surface area contributed by atoms with Crippen molar-refractivity contribution in [3.05, 3.63) is 58.4 Å². The Kier molecular flexibility index (Phi) is 7.09. The summed E-state index contributed by atoms with van der Waals surface area (Å²) in [5, 5.41) is 6.87. The van der Waals surface area contributed by atoms with Crippen molar-refractivity contribution in [2.45, 2.75) is 20.0 Å². The molecule has 1 aromatic heterocycles. The minimum atomic E-state index is -0.0589. The Morgan fingerprint density at radius 1 is 1.31 bits per heavy atom. The van der Waals surface area contributed by atoms with Gasteiger partial charge in [-0.25, -0.2) is 0 Å². The van der Waals surface area contributed by atoms with Crippen LogP contribution in [0.2, 0.25) is 5.02 Å². The molecule has 140 valence electrons. The highest BCUT2D eigenvalue weighted by atomic mass is 35.5. The molecule has 0 aliphatic heterocycles. The molecule has 2 aromatic rings. The average molecular weight is 376 g/mol. The summed E-state index contributed by atoms with van der Waals surface area (Å²) in [5.74, 6) is 0.710. The van der Waals surface area contributed by atoms with E-state index in [0.29, 0.717) is 25.2 Å². The first-order chi connectivity index (χ1) is 12.4. The number of carbonyl (C=O) groups excluding carboxylic acids is 1. The van der Waals surface area contributed by atoms with Crippen LogP contribution in [0, 0.1) is 0 Å². The fraction of sp³-hybridized carbons (Fsp3) is 0.368. The number of benzene rings is 1. The molecule has 0 aliphatic carbocycles. The van der Waals surface area contributed by atoms with Crippen molar-refractivity contribution < 1.29 is 4.79 Å². The number of hydrogen-bond acceptors (Lipinski definition) is 2. The number of aliphatic imine (C=N–C) groups is 1. The van der Waals surface area contributed by atoms with E-state index in [9.17, 15) is 4.79 Å². The number of aromatic nitrogens is 1. The number of rotatable bonds is 6. The molecule has 0 atom stereocenters. The van der Waals surface area contributed by atoms with E-state index in [0.717, 1.165) is 22.2 Å². The van der Waals surface area contributed by atoms with Crippen LogP contribution in [-0.2, 0) is 20.1 Å². The van der Waals surface area contributed by atoms with E-state index in [1.54, 1.807) is 7.05 Å². The summed E-state index contributed by atoms with van der Waals surface area (Å²) >= 11 is 6.05. The topological polar surface area (TPSA) is 61.7 Å². The minimum absolute atomic E-state index is 0.0589. The second-order valence-electron chi connectivity index (χ2n) is 6.08. The first-order valence-electron chi connectivity index (χ1n) is 8.54. The lowest BCUT2D eigenvalue weighted by atomic mass is 10.1. The van der Waals surface area contributed by atoms with E-state index in [2.05, 4.69) is 15.6 Å². The van der Waals surface area contributed by atoms with E-state index < -0.39 is 0 Å². The summed E-state index contributed by atoms with van der Waals surface area (Å²) in [6, 6.07) is 9.53. The number of nitrogens with zero attached hydrogens (tertiary/aromatic N) is 3. The van der Waals surface area contributed by atoms with Gasteiger partial charge in [-0.05, 0) is 30.7 Å². The Morgan fingerprint density at radius 2 is 2.08 bits per heavy atom. The molecule has 1 aromatic carbocycles. The molecule has 26 heavy (non-hydrogen) atoms. The molecule has 1 amide bonds. The fourth-order valence-corrected chi connectivity index (χ4v) is 2.96. The van der Waals surface area contributed by atoms with Gasteiger partial charge in [-0.15, -0.1) is 0 Å². The monoisotopic (exact) mass is 375 g/mol. The molecule has 0 unspecified atom stereocenters. The van der Waals surface area contributed by atoms with E-state index in [1.165, 1.54) is 0 Å². The maximum Gasteiger partial charge on any atom is 0.251 e. The van der Waals surface area contributed by atoms with Crippen molar-refractivity contribution >= 4 is 23.5 Å². The molecule has 0 bridgehead atoms. The standard InChI is InChI=1S/C19H26ClN5O/c1-5-22-18(26)15-8-6-7-14(9-15)11-23-19(21-2)25(4)13-17-10-16(20)12-24(17)3/h6-10,12H,5,11,13H2,1-4H3,(H,21,23)(H,22,26). The zero-order valence-electron chi connectivity index (χ0n) is 15.7. The van der Waals surface area contributed by atoms with Gasteiger partial charge in [-0.3, -0.25) is 9.79 Å². The average Bonchev–Trinajstić information content (AvgIpc) is 2.93. The van der Waals surface area contributed by atoms with E-state index in [1.807, 2.05) is 67.0 Å². The summed E-state index contributed by atoms with van der Waals surface area (Å²) in [5.41, 5.74) is 2.77. The predicted octanol–water partition coefficient (Wildman–Crippen LogP) is 2.64. The zero-order valence-corrected chi connectivity index (χ0v) is 16.5. The Morgan fingerprint density at radius 3 is 2.69 bits per heavy atom. The van der Waals surface area contributed by atoms with Gasteiger partial charge in [0.05, 0.1) is 11.6 Å². The number of amides is 1. The first kappa shape index (κ1) is 19.8. The summed E-state index contributed by atoms with van der Waals surface area (Å²) in [6.07, 6.45) is 1.88. The normalized spacial score (nSPS) is 11.3. The van der Waals surface area contributed by atoms with Gasteiger partial charge in [0.15, 0.2) is 5.96 Å². The molecule has 0 aliphatic rings. The molecular weight excluding hydrogens is 350 g/mol. The zero-order chi connectivity index (χ0) is 19.1. The lowest BCUT2D eigenvalue weighted by Gasteiger charge is -2.22. The van der Waals surface area contributed by atoms with Gasteiger partial charge in [-0.1, -0.05) is 23.7 Å². The van der Waals surface area contributed by atoms with Crippen LogP contribution in [0.15, 0.2) is 41.5 Å². The number of nitrogens with one attached hydrogen (secondary N) is 2. The summed E-state index contributed by atoms with van der Waals surface area (Å²) < 4.78 is 2.00. The van der Waals surface area contributed by atoms with Crippen molar-refractivity contribution in [1.29, 1.82) is 0 Å². The van der Waals surface area contributed by atoms with Crippen molar-refractivity contribution in [1.82, 2.24) is 20.1 Å². The number of carbonyl (C=O) groups is 1. The maximum atomic E-state index is 12.0. The molecule has 0 radical (unpaired) electrons. The maximum absolute atomic E-state index is 12.0. The molecule has 2 N–H and O–H groups in total. The first-order valence-corrected chi connectivity index (χ1v) is 8.92. The van der Waals surface area contributed by atoms with Crippen LogP contribution in [0.4, 0.5) is 0 Å². The highest BCUT2D eigenvalue weighted by molar-refractivity contribution is 6.30. The second-order valence-corrected chi connectivity index (χ2v) is 6.51. The Hall–Kier alpha value is -2.47.